The van der Waals surface area contributed by atoms with E-state index in [2.05, 4.69) is 10.4 Å². The van der Waals surface area contributed by atoms with E-state index in [0.717, 1.165) is 5.69 Å². The Kier molecular flexibility index (Phi) is 3.90. The Bertz CT molecular complexity index is 453. The average molecular weight is 240 g/mol. The van der Waals surface area contributed by atoms with Crippen LogP contribution in [0, 0.1) is 0 Å². The SMILES string of the molecule is Cl.O=C(O)c1ccc(Nn2ccnc2)cc1. The number of aromatic nitrogens is 2. The summed E-state index contributed by atoms with van der Waals surface area (Å²) in [6.45, 7) is 0. The molecule has 1 aromatic carbocycles. The minimum atomic E-state index is -0.927. The molecular weight excluding hydrogens is 230 g/mol. The first kappa shape index (κ1) is 12.1. The zero-order chi connectivity index (χ0) is 10.7. The Balaban J connectivity index is 0.00000128. The predicted molar refractivity (Wildman–Crippen MR) is 61.9 cm³/mol. The second-order valence-electron chi connectivity index (χ2n) is 2.96. The molecule has 16 heavy (non-hydrogen) atoms. The first-order chi connectivity index (χ1) is 7.25. The molecule has 0 spiro atoms. The molecule has 1 aromatic heterocycles. The van der Waals surface area contributed by atoms with Crippen molar-refractivity contribution in [2.24, 2.45) is 0 Å². The van der Waals surface area contributed by atoms with Crippen LogP contribution in [0.3, 0.4) is 0 Å². The third-order valence-electron chi connectivity index (χ3n) is 1.89. The minimum absolute atomic E-state index is 0. The van der Waals surface area contributed by atoms with Gasteiger partial charge in [-0.3, -0.25) is 10.1 Å². The van der Waals surface area contributed by atoms with Gasteiger partial charge in [-0.2, -0.15) is 0 Å². The molecule has 0 bridgehead atoms. The molecule has 2 aromatic rings. The van der Waals surface area contributed by atoms with Crippen LogP contribution in [0.1, 0.15) is 10.4 Å². The summed E-state index contributed by atoms with van der Waals surface area (Å²) in [5.41, 5.74) is 4.08. The number of carboxylic acids is 1. The Morgan fingerprint density at radius 2 is 2.00 bits per heavy atom. The lowest BCUT2D eigenvalue weighted by atomic mass is 10.2. The summed E-state index contributed by atoms with van der Waals surface area (Å²) >= 11 is 0. The van der Waals surface area contributed by atoms with Crippen molar-refractivity contribution in [3.05, 3.63) is 48.5 Å². The van der Waals surface area contributed by atoms with E-state index in [9.17, 15) is 4.79 Å². The Labute approximate surface area is 98.1 Å². The maximum atomic E-state index is 10.6. The highest BCUT2D eigenvalue weighted by molar-refractivity contribution is 5.87. The van der Waals surface area contributed by atoms with E-state index >= 15 is 0 Å². The average Bonchev–Trinajstić information content (AvgIpc) is 2.71. The van der Waals surface area contributed by atoms with E-state index < -0.39 is 5.97 Å². The number of nitrogens with one attached hydrogen (secondary N) is 1. The third-order valence-corrected chi connectivity index (χ3v) is 1.89. The number of carboxylic acid groups (broad SMARTS) is 1. The van der Waals surface area contributed by atoms with Crippen molar-refractivity contribution >= 4 is 24.1 Å². The normalized spacial score (nSPS) is 9.25. The van der Waals surface area contributed by atoms with Gasteiger partial charge in [0.25, 0.3) is 0 Å². The molecule has 0 aliphatic rings. The van der Waals surface area contributed by atoms with Gasteiger partial charge in [0, 0.05) is 12.4 Å². The van der Waals surface area contributed by atoms with Crippen LogP contribution in [-0.2, 0) is 0 Å². The number of anilines is 1. The molecular formula is C10H10ClN3O2. The van der Waals surface area contributed by atoms with Gasteiger partial charge < -0.3 is 5.11 Å². The van der Waals surface area contributed by atoms with E-state index in [4.69, 9.17) is 5.11 Å². The topological polar surface area (TPSA) is 67.2 Å². The fourth-order valence-electron chi connectivity index (χ4n) is 1.16. The number of carbonyl (C=O) groups is 1. The number of hydrogen-bond donors (Lipinski definition) is 2. The fraction of sp³-hybridized carbons (Fsp3) is 0. The second-order valence-corrected chi connectivity index (χ2v) is 2.96. The Hall–Kier alpha value is -2.01. The summed E-state index contributed by atoms with van der Waals surface area (Å²) < 4.78 is 1.68. The van der Waals surface area contributed by atoms with Crippen LogP contribution in [0.25, 0.3) is 0 Å². The maximum absolute atomic E-state index is 10.6. The van der Waals surface area contributed by atoms with E-state index in [1.54, 1.807) is 47.7 Å². The molecule has 1 heterocycles. The summed E-state index contributed by atoms with van der Waals surface area (Å²) in [5.74, 6) is -0.927. The van der Waals surface area contributed by atoms with Crippen molar-refractivity contribution in [3.8, 4) is 0 Å². The first-order valence-electron chi connectivity index (χ1n) is 4.34. The molecule has 0 fully saturated rings. The third kappa shape index (κ3) is 2.74. The van der Waals surface area contributed by atoms with Gasteiger partial charge in [-0.05, 0) is 24.3 Å². The minimum Gasteiger partial charge on any atom is -0.478 e. The lowest BCUT2D eigenvalue weighted by molar-refractivity contribution is 0.0697. The van der Waals surface area contributed by atoms with Crippen LogP contribution in [0.2, 0.25) is 0 Å². The van der Waals surface area contributed by atoms with Crippen molar-refractivity contribution in [2.75, 3.05) is 5.43 Å². The highest BCUT2D eigenvalue weighted by Crippen LogP contribution is 2.09. The van der Waals surface area contributed by atoms with E-state index in [0.29, 0.717) is 0 Å². The van der Waals surface area contributed by atoms with Gasteiger partial charge in [-0.1, -0.05) is 0 Å². The summed E-state index contributed by atoms with van der Waals surface area (Å²) in [4.78, 5) is 14.5. The number of rotatable bonds is 3. The van der Waals surface area contributed by atoms with Crippen LogP contribution in [0.5, 0.6) is 0 Å². The molecule has 0 atom stereocenters. The van der Waals surface area contributed by atoms with Crippen LogP contribution in [0.4, 0.5) is 5.69 Å². The van der Waals surface area contributed by atoms with Gasteiger partial charge in [-0.25, -0.2) is 9.78 Å². The number of hydrogen-bond acceptors (Lipinski definition) is 3. The molecule has 2 rings (SSSR count). The zero-order valence-corrected chi connectivity index (χ0v) is 9.02. The summed E-state index contributed by atoms with van der Waals surface area (Å²) in [6.07, 6.45) is 5.02. The molecule has 0 aliphatic carbocycles. The van der Waals surface area contributed by atoms with Crippen molar-refractivity contribution in [1.29, 1.82) is 0 Å². The Morgan fingerprint density at radius 3 is 2.50 bits per heavy atom. The van der Waals surface area contributed by atoms with E-state index in [1.165, 1.54) is 0 Å². The molecule has 0 radical (unpaired) electrons. The summed E-state index contributed by atoms with van der Waals surface area (Å²) in [5, 5.41) is 8.70. The fourth-order valence-corrected chi connectivity index (χ4v) is 1.16. The number of imidazole rings is 1. The standard InChI is InChI=1S/C10H9N3O2.ClH/c14-10(15)8-1-3-9(4-2-8)12-13-6-5-11-7-13;/h1-7,12H,(H,14,15);1H. The van der Waals surface area contributed by atoms with Gasteiger partial charge in [0.15, 0.2) is 0 Å². The molecule has 0 amide bonds. The van der Waals surface area contributed by atoms with Gasteiger partial charge in [0.2, 0.25) is 0 Å². The van der Waals surface area contributed by atoms with Crippen LogP contribution < -0.4 is 5.43 Å². The molecule has 5 nitrogen and oxygen atoms in total. The number of nitrogens with zero attached hydrogens (tertiary/aromatic N) is 2. The molecule has 0 saturated heterocycles. The second kappa shape index (κ2) is 5.18. The number of aromatic carboxylic acids is 1. The molecule has 2 N–H and O–H groups in total. The van der Waals surface area contributed by atoms with Crippen molar-refractivity contribution in [2.45, 2.75) is 0 Å². The van der Waals surface area contributed by atoms with Crippen molar-refractivity contribution in [1.82, 2.24) is 9.66 Å². The molecule has 6 heteroatoms. The monoisotopic (exact) mass is 239 g/mol. The largest absolute Gasteiger partial charge is 0.478 e. The van der Waals surface area contributed by atoms with Crippen molar-refractivity contribution in [3.63, 3.8) is 0 Å². The quantitative estimate of drug-likeness (QED) is 0.858. The molecule has 84 valence electrons. The van der Waals surface area contributed by atoms with Gasteiger partial charge >= 0.3 is 5.97 Å². The molecule has 0 saturated carbocycles. The van der Waals surface area contributed by atoms with Gasteiger partial charge in [0.05, 0.1) is 11.3 Å². The summed E-state index contributed by atoms with van der Waals surface area (Å²) in [6, 6.07) is 6.48. The highest BCUT2D eigenvalue weighted by atomic mass is 35.5. The van der Waals surface area contributed by atoms with Crippen molar-refractivity contribution < 1.29 is 9.90 Å². The van der Waals surface area contributed by atoms with Gasteiger partial charge in [-0.15, -0.1) is 12.4 Å². The van der Waals surface area contributed by atoms with E-state index in [1.807, 2.05) is 0 Å². The number of benzene rings is 1. The highest BCUT2D eigenvalue weighted by Gasteiger charge is 2.01. The predicted octanol–water partition coefficient (Wildman–Crippen LogP) is 1.88. The number of halogens is 1. The van der Waals surface area contributed by atoms with Crippen LogP contribution in [-0.4, -0.2) is 20.7 Å². The first-order valence-corrected chi connectivity index (χ1v) is 4.34. The lowest BCUT2D eigenvalue weighted by Crippen LogP contribution is -2.06. The molecule has 0 unspecified atom stereocenters. The van der Waals surface area contributed by atoms with Gasteiger partial charge in [0.1, 0.15) is 6.33 Å². The van der Waals surface area contributed by atoms with Crippen LogP contribution in [0.15, 0.2) is 43.0 Å². The Morgan fingerprint density at radius 1 is 1.31 bits per heavy atom. The zero-order valence-electron chi connectivity index (χ0n) is 8.20. The van der Waals surface area contributed by atoms with E-state index in [-0.39, 0.29) is 18.0 Å². The smallest absolute Gasteiger partial charge is 0.335 e. The lowest BCUT2D eigenvalue weighted by Gasteiger charge is -2.06. The maximum Gasteiger partial charge on any atom is 0.335 e. The van der Waals surface area contributed by atoms with Crippen LogP contribution >= 0.6 is 12.4 Å². The summed E-state index contributed by atoms with van der Waals surface area (Å²) in [7, 11) is 0. The molecule has 0 aliphatic heterocycles.